The average molecular weight is 459 g/mol. The predicted octanol–water partition coefficient (Wildman–Crippen LogP) is 4.27. The zero-order chi connectivity index (χ0) is 23.3. The molecule has 0 unspecified atom stereocenters. The number of carbonyl (C=O) groups excluding carboxylic acids is 2. The van der Waals surface area contributed by atoms with Gasteiger partial charge in [-0.25, -0.2) is 0 Å². The number of fused-ring (bicyclic) bond motifs is 1. The highest BCUT2D eigenvalue weighted by Gasteiger charge is 2.31. The molecule has 2 fully saturated rings. The highest BCUT2D eigenvalue weighted by atomic mass is 16.2. The van der Waals surface area contributed by atoms with Crippen molar-refractivity contribution in [2.45, 2.75) is 38.1 Å². The molecule has 2 aliphatic rings. The van der Waals surface area contributed by atoms with Crippen LogP contribution in [0.5, 0.6) is 0 Å². The molecule has 34 heavy (non-hydrogen) atoms. The lowest BCUT2D eigenvalue weighted by atomic mass is 9.83. The number of carbonyl (C=O) groups is 2. The van der Waals surface area contributed by atoms with Crippen molar-refractivity contribution < 1.29 is 9.59 Å². The number of likely N-dealkylation sites (tertiary alicyclic amines) is 1. The first-order valence-corrected chi connectivity index (χ1v) is 12.6. The normalized spacial score (nSPS) is 18.6. The molecule has 0 spiro atoms. The predicted molar refractivity (Wildman–Crippen MR) is 134 cm³/mol. The van der Waals surface area contributed by atoms with Crippen molar-refractivity contribution in [3.05, 3.63) is 71.9 Å². The number of aromatic nitrogens is 1. The van der Waals surface area contributed by atoms with E-state index in [0.717, 1.165) is 61.4 Å². The van der Waals surface area contributed by atoms with Crippen molar-refractivity contribution in [2.75, 3.05) is 26.2 Å². The Bertz CT molecular complexity index is 1110. The maximum atomic E-state index is 13.6. The van der Waals surface area contributed by atoms with Crippen molar-refractivity contribution in [3.8, 4) is 0 Å². The van der Waals surface area contributed by atoms with Crippen molar-refractivity contribution in [1.29, 1.82) is 0 Å². The van der Waals surface area contributed by atoms with Crippen LogP contribution >= 0.6 is 0 Å². The van der Waals surface area contributed by atoms with Gasteiger partial charge in [0.05, 0.1) is 0 Å². The molecule has 5 rings (SSSR count). The van der Waals surface area contributed by atoms with Gasteiger partial charge in [0.1, 0.15) is 6.04 Å². The summed E-state index contributed by atoms with van der Waals surface area (Å²) in [6.07, 6.45) is 7.79. The van der Waals surface area contributed by atoms with E-state index in [1.807, 2.05) is 65.7 Å². The fourth-order valence-corrected chi connectivity index (χ4v) is 5.50. The number of piperidine rings is 2. The first kappa shape index (κ1) is 22.7. The first-order valence-electron chi connectivity index (χ1n) is 12.6. The van der Waals surface area contributed by atoms with Gasteiger partial charge in [-0.3, -0.25) is 9.59 Å². The number of hydrogen-bond acceptors (Lipinski definition) is 3. The average Bonchev–Trinajstić information content (AvgIpc) is 3.36. The van der Waals surface area contributed by atoms with Crippen molar-refractivity contribution in [1.82, 2.24) is 20.5 Å². The second kappa shape index (κ2) is 10.4. The van der Waals surface area contributed by atoms with Crippen LogP contribution in [0.1, 0.15) is 54.1 Å². The van der Waals surface area contributed by atoms with Crippen LogP contribution in [0.25, 0.3) is 10.9 Å². The number of hydrogen-bond donors (Lipinski definition) is 3. The Morgan fingerprint density at radius 2 is 1.68 bits per heavy atom. The molecule has 3 N–H and O–H groups in total. The molecule has 3 aromatic rings. The van der Waals surface area contributed by atoms with Crippen LogP contribution in [0, 0.1) is 11.8 Å². The van der Waals surface area contributed by atoms with Crippen molar-refractivity contribution in [2.24, 2.45) is 11.8 Å². The van der Waals surface area contributed by atoms with Gasteiger partial charge in [-0.15, -0.1) is 0 Å². The lowest BCUT2D eigenvalue weighted by molar-refractivity contribution is -0.134. The summed E-state index contributed by atoms with van der Waals surface area (Å²) in [6.45, 7) is 3.80. The minimum atomic E-state index is -0.686. The van der Waals surface area contributed by atoms with Gasteiger partial charge in [0.15, 0.2) is 0 Å². The highest BCUT2D eigenvalue weighted by Crippen LogP contribution is 2.29. The van der Waals surface area contributed by atoms with Crippen LogP contribution in [0.15, 0.2) is 60.8 Å². The molecule has 2 aliphatic heterocycles. The molecule has 6 heteroatoms. The zero-order valence-electron chi connectivity index (χ0n) is 19.6. The molecular weight excluding hydrogens is 424 g/mol. The molecule has 2 aromatic carbocycles. The Balaban J connectivity index is 1.26. The highest BCUT2D eigenvalue weighted by molar-refractivity contribution is 6.00. The summed E-state index contributed by atoms with van der Waals surface area (Å²) in [5.41, 5.74) is 2.27. The van der Waals surface area contributed by atoms with Gasteiger partial charge in [-0.1, -0.05) is 36.4 Å². The van der Waals surface area contributed by atoms with Gasteiger partial charge in [0.2, 0.25) is 5.91 Å². The SMILES string of the molecule is O=C(N[C@@H](C(=O)N1CCC(CC2CCNCC2)CC1)c1ccccc1)c1ccc2cc[nH]c2c1. The molecule has 3 heterocycles. The third-order valence-corrected chi connectivity index (χ3v) is 7.52. The second-order valence-corrected chi connectivity index (χ2v) is 9.79. The summed E-state index contributed by atoms with van der Waals surface area (Å²) < 4.78 is 0. The number of nitrogens with zero attached hydrogens (tertiary/aromatic N) is 1. The summed E-state index contributed by atoms with van der Waals surface area (Å²) in [6, 6.07) is 16.5. The Hall–Kier alpha value is -3.12. The number of nitrogens with one attached hydrogen (secondary N) is 3. The minimum absolute atomic E-state index is 0.0131. The fraction of sp³-hybridized carbons (Fsp3) is 0.429. The lowest BCUT2D eigenvalue weighted by Gasteiger charge is -2.36. The molecule has 0 aliphatic carbocycles. The molecule has 2 saturated heterocycles. The van der Waals surface area contributed by atoms with E-state index < -0.39 is 6.04 Å². The molecular formula is C28H34N4O2. The van der Waals surface area contributed by atoms with Gasteiger partial charge in [0.25, 0.3) is 5.91 Å². The number of rotatable bonds is 6. The second-order valence-electron chi connectivity index (χ2n) is 9.79. The quantitative estimate of drug-likeness (QED) is 0.516. The van der Waals surface area contributed by atoms with E-state index >= 15 is 0 Å². The maximum Gasteiger partial charge on any atom is 0.252 e. The standard InChI is InChI=1S/C28H34N4O2/c33-27(24-7-6-22-10-15-30-25(22)19-24)31-26(23-4-2-1-3-5-23)28(34)32-16-11-21(12-17-32)18-20-8-13-29-14-9-20/h1-7,10,15,19-21,26,29-30H,8-9,11-14,16-18H2,(H,31,33)/t26-/m1/s1. The van der Waals surface area contributed by atoms with Crippen molar-refractivity contribution >= 4 is 22.7 Å². The van der Waals surface area contributed by atoms with E-state index in [9.17, 15) is 9.59 Å². The molecule has 178 valence electrons. The fourth-order valence-electron chi connectivity index (χ4n) is 5.50. The first-order chi connectivity index (χ1) is 16.7. The molecule has 0 radical (unpaired) electrons. The molecule has 0 saturated carbocycles. The molecule has 1 atom stereocenters. The van der Waals surface area contributed by atoms with Gasteiger partial charge in [0, 0.05) is 30.4 Å². The van der Waals surface area contributed by atoms with E-state index in [4.69, 9.17) is 0 Å². The third-order valence-electron chi connectivity index (χ3n) is 7.52. The van der Waals surface area contributed by atoms with Crippen LogP contribution < -0.4 is 10.6 Å². The van der Waals surface area contributed by atoms with E-state index in [1.165, 1.54) is 19.3 Å². The summed E-state index contributed by atoms with van der Waals surface area (Å²) in [5, 5.41) is 7.53. The maximum absolute atomic E-state index is 13.6. The zero-order valence-corrected chi connectivity index (χ0v) is 19.6. The van der Waals surface area contributed by atoms with Gasteiger partial charge in [-0.2, -0.15) is 0 Å². The molecule has 2 amide bonds. The Kier molecular flexibility index (Phi) is 6.95. The van der Waals surface area contributed by atoms with E-state index in [0.29, 0.717) is 11.5 Å². The lowest BCUT2D eigenvalue weighted by Crippen LogP contribution is -2.46. The number of amides is 2. The number of aromatic amines is 1. The van der Waals surface area contributed by atoms with E-state index in [-0.39, 0.29) is 11.8 Å². The molecule has 1 aromatic heterocycles. The topological polar surface area (TPSA) is 77.2 Å². The number of benzene rings is 2. The minimum Gasteiger partial charge on any atom is -0.361 e. The smallest absolute Gasteiger partial charge is 0.252 e. The van der Waals surface area contributed by atoms with E-state index in [1.54, 1.807) is 0 Å². The Morgan fingerprint density at radius 1 is 0.941 bits per heavy atom. The van der Waals surface area contributed by atoms with Gasteiger partial charge < -0.3 is 20.5 Å². The van der Waals surface area contributed by atoms with Crippen LogP contribution in [0.3, 0.4) is 0 Å². The summed E-state index contributed by atoms with van der Waals surface area (Å²) in [5.74, 6) is 1.27. The van der Waals surface area contributed by atoms with Gasteiger partial charge >= 0.3 is 0 Å². The van der Waals surface area contributed by atoms with Crippen molar-refractivity contribution in [3.63, 3.8) is 0 Å². The van der Waals surface area contributed by atoms with Gasteiger partial charge in [-0.05, 0) is 86.2 Å². The Labute approximate surface area is 201 Å². The third kappa shape index (κ3) is 5.17. The van der Waals surface area contributed by atoms with E-state index in [2.05, 4.69) is 15.6 Å². The van der Waals surface area contributed by atoms with Crippen LogP contribution in [-0.4, -0.2) is 47.9 Å². The summed E-state index contributed by atoms with van der Waals surface area (Å²) in [7, 11) is 0. The summed E-state index contributed by atoms with van der Waals surface area (Å²) in [4.78, 5) is 31.9. The van der Waals surface area contributed by atoms with Crippen LogP contribution in [0.4, 0.5) is 0 Å². The molecule has 6 nitrogen and oxygen atoms in total. The monoisotopic (exact) mass is 458 g/mol. The van der Waals surface area contributed by atoms with Crippen LogP contribution in [-0.2, 0) is 4.79 Å². The van der Waals surface area contributed by atoms with Crippen LogP contribution in [0.2, 0.25) is 0 Å². The molecule has 0 bridgehead atoms. The Morgan fingerprint density at radius 3 is 2.44 bits per heavy atom. The number of H-pyrrole nitrogens is 1. The largest absolute Gasteiger partial charge is 0.361 e. The summed E-state index contributed by atoms with van der Waals surface area (Å²) >= 11 is 0.